The third-order valence-corrected chi connectivity index (χ3v) is 4.54. The molecule has 3 amide bonds. The molecule has 0 radical (unpaired) electrons. The first-order valence-corrected chi connectivity index (χ1v) is 8.02. The molecule has 1 heterocycles. The Morgan fingerprint density at radius 2 is 1.71 bits per heavy atom. The lowest BCUT2D eigenvalue weighted by atomic mass is 9.82. The fraction of sp³-hybridized carbons (Fsp3) is 0.471. The molecule has 1 spiro atoms. The minimum Gasteiger partial charge on any atom is -0.497 e. The molecule has 0 unspecified atom stereocenters. The summed E-state index contributed by atoms with van der Waals surface area (Å²) in [6.07, 6.45) is 5.79. The third kappa shape index (κ3) is 2.93. The van der Waals surface area contributed by atoms with Crippen LogP contribution in [-0.4, -0.2) is 42.9 Å². The number of urea groups is 1. The molecule has 0 atom stereocenters. The lowest BCUT2D eigenvalue weighted by Crippen LogP contribution is -2.48. The van der Waals surface area contributed by atoms with Crippen LogP contribution < -0.4 is 14.8 Å². The van der Waals surface area contributed by atoms with Crippen LogP contribution in [0.25, 0.3) is 0 Å². The van der Waals surface area contributed by atoms with Crippen molar-refractivity contribution in [1.29, 1.82) is 0 Å². The van der Waals surface area contributed by atoms with Gasteiger partial charge in [0.2, 0.25) is 0 Å². The average Bonchev–Trinajstić information content (AvgIpc) is 2.83. The Hall–Kier alpha value is -2.57. The molecule has 1 saturated heterocycles. The normalized spacial score (nSPS) is 19.8. The van der Waals surface area contributed by atoms with Crippen LogP contribution in [0.15, 0.2) is 23.3 Å². The fourth-order valence-corrected chi connectivity index (χ4v) is 3.23. The van der Waals surface area contributed by atoms with E-state index in [2.05, 4.69) is 10.4 Å². The highest BCUT2D eigenvalue weighted by Crippen LogP contribution is 2.33. The number of amides is 3. The van der Waals surface area contributed by atoms with Crippen molar-refractivity contribution in [2.24, 2.45) is 5.10 Å². The van der Waals surface area contributed by atoms with Crippen molar-refractivity contribution in [3.05, 3.63) is 23.8 Å². The second-order valence-corrected chi connectivity index (χ2v) is 6.08. The minimum atomic E-state index is -0.765. The van der Waals surface area contributed by atoms with Gasteiger partial charge in [-0.3, -0.25) is 4.79 Å². The van der Waals surface area contributed by atoms with E-state index in [1.165, 1.54) is 6.21 Å². The fourth-order valence-electron chi connectivity index (χ4n) is 3.23. The molecule has 7 heteroatoms. The van der Waals surface area contributed by atoms with Gasteiger partial charge in [-0.1, -0.05) is 19.3 Å². The summed E-state index contributed by atoms with van der Waals surface area (Å²) in [5.41, 5.74) is -0.0879. The highest BCUT2D eigenvalue weighted by atomic mass is 16.5. The molecule has 1 aliphatic carbocycles. The summed E-state index contributed by atoms with van der Waals surface area (Å²) in [4.78, 5) is 24.8. The number of ether oxygens (including phenoxy) is 2. The number of carbonyl (C=O) groups is 2. The maximum atomic E-state index is 12.6. The van der Waals surface area contributed by atoms with Crippen LogP contribution in [0.4, 0.5) is 4.79 Å². The van der Waals surface area contributed by atoms with E-state index in [0.29, 0.717) is 29.9 Å². The molecule has 0 aromatic heterocycles. The van der Waals surface area contributed by atoms with Gasteiger partial charge in [-0.05, 0) is 25.0 Å². The lowest BCUT2D eigenvalue weighted by molar-refractivity contribution is -0.132. The van der Waals surface area contributed by atoms with Crippen LogP contribution in [0.3, 0.4) is 0 Å². The van der Waals surface area contributed by atoms with Crippen molar-refractivity contribution in [3.63, 3.8) is 0 Å². The largest absolute Gasteiger partial charge is 0.497 e. The standard InChI is InChI=1S/C17H21N3O4/c1-23-13-8-12(9-14(10-13)24-2)11-18-20-15(21)17(19-16(20)22)6-4-3-5-7-17/h8-11H,3-7H2,1-2H3,(H,19,22)/b18-11-. The zero-order valence-corrected chi connectivity index (χ0v) is 13.9. The number of carbonyl (C=O) groups excluding carboxylic acids is 2. The molecule has 1 N–H and O–H groups in total. The molecule has 1 aromatic rings. The summed E-state index contributed by atoms with van der Waals surface area (Å²) in [7, 11) is 3.11. The van der Waals surface area contributed by atoms with Crippen molar-refractivity contribution in [1.82, 2.24) is 10.3 Å². The first-order valence-electron chi connectivity index (χ1n) is 8.02. The number of hydrazone groups is 1. The first kappa shape index (κ1) is 16.3. The van der Waals surface area contributed by atoms with Gasteiger partial charge in [-0.15, -0.1) is 5.01 Å². The van der Waals surface area contributed by atoms with Gasteiger partial charge >= 0.3 is 6.03 Å². The second kappa shape index (κ2) is 6.51. The molecule has 3 rings (SSSR count). The van der Waals surface area contributed by atoms with Crippen molar-refractivity contribution in [2.45, 2.75) is 37.6 Å². The predicted octanol–water partition coefficient (Wildman–Crippen LogP) is 2.29. The molecule has 7 nitrogen and oxygen atoms in total. The van der Waals surface area contributed by atoms with Gasteiger partial charge in [0.1, 0.15) is 17.0 Å². The zero-order chi connectivity index (χ0) is 17.2. The second-order valence-electron chi connectivity index (χ2n) is 6.08. The van der Waals surface area contributed by atoms with Gasteiger partial charge in [-0.2, -0.15) is 5.10 Å². The SMILES string of the molecule is COc1cc(/C=N\N2C(=O)NC3(CCCCC3)C2=O)cc(OC)c1. The number of hydrogen-bond acceptors (Lipinski definition) is 5. The Kier molecular flexibility index (Phi) is 4.42. The molecule has 2 aliphatic rings. The number of hydrogen-bond donors (Lipinski definition) is 1. The minimum absolute atomic E-state index is 0.265. The van der Waals surface area contributed by atoms with Crippen LogP contribution in [-0.2, 0) is 4.79 Å². The highest BCUT2D eigenvalue weighted by molar-refractivity contribution is 6.07. The number of nitrogens with one attached hydrogen (secondary N) is 1. The van der Waals surface area contributed by atoms with Crippen LogP contribution >= 0.6 is 0 Å². The van der Waals surface area contributed by atoms with E-state index in [1.807, 2.05) is 0 Å². The summed E-state index contributed by atoms with van der Waals surface area (Å²) in [5, 5.41) is 7.84. The summed E-state index contributed by atoms with van der Waals surface area (Å²) in [5.74, 6) is 0.951. The van der Waals surface area contributed by atoms with Gasteiger partial charge in [-0.25, -0.2) is 4.79 Å². The maximum absolute atomic E-state index is 12.6. The number of methoxy groups -OCH3 is 2. The van der Waals surface area contributed by atoms with Crippen LogP contribution in [0.2, 0.25) is 0 Å². The molecule has 1 aromatic carbocycles. The van der Waals surface area contributed by atoms with Gasteiger partial charge in [0.25, 0.3) is 5.91 Å². The summed E-state index contributed by atoms with van der Waals surface area (Å²) in [6.45, 7) is 0. The lowest BCUT2D eigenvalue weighted by Gasteiger charge is -2.29. The first-order chi connectivity index (χ1) is 11.6. The topological polar surface area (TPSA) is 80.2 Å². The van der Waals surface area contributed by atoms with E-state index in [9.17, 15) is 9.59 Å². The highest BCUT2D eigenvalue weighted by Gasteiger charge is 2.51. The van der Waals surface area contributed by atoms with Gasteiger partial charge < -0.3 is 14.8 Å². The van der Waals surface area contributed by atoms with Gasteiger partial charge in [0, 0.05) is 11.6 Å². The monoisotopic (exact) mass is 331 g/mol. The quantitative estimate of drug-likeness (QED) is 0.678. The molecule has 1 aliphatic heterocycles. The molecule has 2 fully saturated rings. The summed E-state index contributed by atoms with van der Waals surface area (Å²) < 4.78 is 10.4. The van der Waals surface area contributed by atoms with Crippen LogP contribution in [0.1, 0.15) is 37.7 Å². The van der Waals surface area contributed by atoms with Crippen LogP contribution in [0.5, 0.6) is 11.5 Å². The molecular weight excluding hydrogens is 310 g/mol. The van der Waals surface area contributed by atoms with Crippen molar-refractivity contribution < 1.29 is 19.1 Å². The Morgan fingerprint density at radius 3 is 2.29 bits per heavy atom. The summed E-state index contributed by atoms with van der Waals surface area (Å²) in [6, 6.07) is 4.78. The maximum Gasteiger partial charge on any atom is 0.346 e. The van der Waals surface area contributed by atoms with E-state index in [1.54, 1.807) is 32.4 Å². The number of benzene rings is 1. The smallest absolute Gasteiger partial charge is 0.346 e. The molecule has 1 saturated carbocycles. The molecular formula is C17H21N3O4. The number of rotatable bonds is 4. The Balaban J connectivity index is 1.81. The molecule has 128 valence electrons. The van der Waals surface area contributed by atoms with Crippen LogP contribution in [0, 0.1) is 0 Å². The number of imide groups is 1. The van der Waals surface area contributed by atoms with E-state index in [4.69, 9.17) is 9.47 Å². The van der Waals surface area contributed by atoms with Crippen molar-refractivity contribution >= 4 is 18.2 Å². The van der Waals surface area contributed by atoms with E-state index in [-0.39, 0.29) is 5.91 Å². The van der Waals surface area contributed by atoms with E-state index in [0.717, 1.165) is 24.3 Å². The Labute approximate surface area is 140 Å². The average molecular weight is 331 g/mol. The summed E-state index contributed by atoms with van der Waals surface area (Å²) >= 11 is 0. The third-order valence-electron chi connectivity index (χ3n) is 4.54. The van der Waals surface area contributed by atoms with Gasteiger partial charge in [0.05, 0.1) is 20.4 Å². The Morgan fingerprint density at radius 1 is 1.08 bits per heavy atom. The van der Waals surface area contributed by atoms with E-state index >= 15 is 0 Å². The predicted molar refractivity (Wildman–Crippen MR) is 88.3 cm³/mol. The van der Waals surface area contributed by atoms with Crippen molar-refractivity contribution in [3.8, 4) is 11.5 Å². The van der Waals surface area contributed by atoms with Gasteiger partial charge in [0.15, 0.2) is 0 Å². The molecule has 24 heavy (non-hydrogen) atoms. The Bertz CT molecular complexity index is 658. The zero-order valence-electron chi connectivity index (χ0n) is 13.9. The number of nitrogens with zero attached hydrogens (tertiary/aromatic N) is 2. The van der Waals surface area contributed by atoms with E-state index < -0.39 is 11.6 Å². The molecule has 0 bridgehead atoms. The van der Waals surface area contributed by atoms with Crippen molar-refractivity contribution in [2.75, 3.05) is 14.2 Å².